The number of rotatable bonds is 0. The fourth-order valence-corrected chi connectivity index (χ4v) is 1.55. The van der Waals surface area contributed by atoms with Crippen molar-refractivity contribution >= 4 is 25.9 Å². The minimum absolute atomic E-state index is 1.32. The third-order valence-electron chi connectivity index (χ3n) is 0.895. The SMILES string of the molecule is Cc1cscc1P. The normalized spacial score (nSPS) is 9.43. The van der Waals surface area contributed by atoms with E-state index in [1.54, 1.807) is 11.3 Å². The van der Waals surface area contributed by atoms with Gasteiger partial charge in [-0.15, -0.1) is 9.24 Å². The van der Waals surface area contributed by atoms with Crippen LogP contribution in [0.15, 0.2) is 10.8 Å². The molecule has 0 aromatic carbocycles. The lowest BCUT2D eigenvalue weighted by molar-refractivity contribution is 1.60. The minimum atomic E-state index is 1.32. The Bertz CT molecular complexity index is 140. The van der Waals surface area contributed by atoms with Gasteiger partial charge in [-0.3, -0.25) is 0 Å². The van der Waals surface area contributed by atoms with Gasteiger partial charge < -0.3 is 0 Å². The van der Waals surface area contributed by atoms with Crippen LogP contribution in [0.5, 0.6) is 0 Å². The van der Waals surface area contributed by atoms with Crippen molar-refractivity contribution in [1.82, 2.24) is 0 Å². The molecule has 0 saturated heterocycles. The molecule has 38 valence electrons. The first-order chi connectivity index (χ1) is 3.30. The lowest BCUT2D eigenvalue weighted by atomic mass is 10.4. The molecule has 0 nitrogen and oxygen atoms in total. The first-order valence-corrected chi connectivity index (χ1v) is 3.61. The van der Waals surface area contributed by atoms with Crippen molar-refractivity contribution in [2.24, 2.45) is 0 Å². The van der Waals surface area contributed by atoms with E-state index in [-0.39, 0.29) is 0 Å². The van der Waals surface area contributed by atoms with Crippen LogP contribution in [0.4, 0.5) is 0 Å². The summed E-state index contributed by atoms with van der Waals surface area (Å²) in [6.07, 6.45) is 0. The summed E-state index contributed by atoms with van der Waals surface area (Å²) in [5, 5.41) is 5.59. The van der Waals surface area contributed by atoms with Crippen LogP contribution in [-0.2, 0) is 0 Å². The monoisotopic (exact) mass is 130 g/mol. The Morgan fingerprint density at radius 2 is 2.29 bits per heavy atom. The van der Waals surface area contributed by atoms with Crippen molar-refractivity contribution in [2.75, 3.05) is 0 Å². The molecule has 0 bridgehead atoms. The summed E-state index contributed by atoms with van der Waals surface area (Å²) in [6.45, 7) is 2.11. The van der Waals surface area contributed by atoms with E-state index in [0.29, 0.717) is 0 Å². The van der Waals surface area contributed by atoms with Gasteiger partial charge >= 0.3 is 0 Å². The van der Waals surface area contributed by atoms with Gasteiger partial charge in [0.05, 0.1) is 0 Å². The largest absolute Gasteiger partial charge is 0.151 e. The predicted octanol–water partition coefficient (Wildman–Crippen LogP) is 1.56. The molecule has 1 atom stereocenters. The Morgan fingerprint density at radius 1 is 1.57 bits per heavy atom. The van der Waals surface area contributed by atoms with Crippen LogP contribution in [0.1, 0.15) is 5.56 Å². The van der Waals surface area contributed by atoms with Crippen molar-refractivity contribution in [3.05, 3.63) is 16.3 Å². The summed E-state index contributed by atoms with van der Waals surface area (Å²) in [5.74, 6) is 0. The van der Waals surface area contributed by atoms with Crippen LogP contribution in [0, 0.1) is 6.92 Å². The standard InChI is InChI=1S/C5H7PS/c1-4-2-7-3-5(4)6/h2-3H,6H2,1H3. The van der Waals surface area contributed by atoms with Gasteiger partial charge in [-0.25, -0.2) is 0 Å². The molecule has 1 aromatic rings. The van der Waals surface area contributed by atoms with Gasteiger partial charge in [-0.1, -0.05) is 0 Å². The Morgan fingerprint density at radius 3 is 2.43 bits per heavy atom. The Balaban J connectivity index is 3.12. The first kappa shape index (κ1) is 5.27. The molecule has 0 N–H and O–H groups in total. The number of hydrogen-bond donors (Lipinski definition) is 0. The molecule has 2 heteroatoms. The van der Waals surface area contributed by atoms with Gasteiger partial charge in [-0.2, -0.15) is 11.3 Å². The summed E-state index contributed by atoms with van der Waals surface area (Å²) < 4.78 is 0. The lowest BCUT2D eigenvalue weighted by Gasteiger charge is -1.79. The Hall–Kier alpha value is 0.130. The molecule has 0 fully saturated rings. The highest BCUT2D eigenvalue weighted by Crippen LogP contribution is 2.03. The molecule has 1 aromatic heterocycles. The average molecular weight is 130 g/mol. The summed E-state index contributed by atoms with van der Waals surface area (Å²) in [5.41, 5.74) is 1.37. The van der Waals surface area contributed by atoms with Crippen LogP contribution in [-0.4, -0.2) is 0 Å². The van der Waals surface area contributed by atoms with Crippen molar-refractivity contribution in [2.45, 2.75) is 6.92 Å². The summed E-state index contributed by atoms with van der Waals surface area (Å²) in [6, 6.07) is 0. The Kier molecular flexibility index (Phi) is 1.46. The van der Waals surface area contributed by atoms with Gasteiger partial charge in [-0.05, 0) is 28.6 Å². The summed E-state index contributed by atoms with van der Waals surface area (Å²) in [4.78, 5) is 0. The van der Waals surface area contributed by atoms with Crippen LogP contribution < -0.4 is 5.30 Å². The molecule has 0 aliphatic carbocycles. The molecule has 1 rings (SSSR count). The van der Waals surface area contributed by atoms with Gasteiger partial charge in [0.25, 0.3) is 0 Å². The van der Waals surface area contributed by atoms with E-state index in [9.17, 15) is 0 Å². The zero-order chi connectivity index (χ0) is 5.28. The van der Waals surface area contributed by atoms with Crippen LogP contribution in [0.2, 0.25) is 0 Å². The molecule has 0 saturated carbocycles. The zero-order valence-corrected chi connectivity index (χ0v) is 6.11. The molecule has 7 heavy (non-hydrogen) atoms. The van der Waals surface area contributed by atoms with Crippen molar-refractivity contribution < 1.29 is 0 Å². The Labute approximate surface area is 49.8 Å². The highest BCUT2D eigenvalue weighted by Gasteiger charge is 1.87. The summed E-state index contributed by atoms with van der Waals surface area (Å²) >= 11 is 1.75. The molecule has 0 aliphatic rings. The quantitative estimate of drug-likeness (QED) is 0.467. The van der Waals surface area contributed by atoms with E-state index in [2.05, 4.69) is 26.9 Å². The first-order valence-electron chi connectivity index (χ1n) is 2.09. The highest BCUT2D eigenvalue weighted by molar-refractivity contribution is 7.29. The van der Waals surface area contributed by atoms with Gasteiger partial charge in [0.1, 0.15) is 0 Å². The van der Waals surface area contributed by atoms with E-state index in [1.807, 2.05) is 0 Å². The third kappa shape index (κ3) is 1.02. The minimum Gasteiger partial charge on any atom is -0.151 e. The van der Waals surface area contributed by atoms with Crippen LogP contribution in [0.25, 0.3) is 0 Å². The van der Waals surface area contributed by atoms with Crippen LogP contribution in [0.3, 0.4) is 0 Å². The van der Waals surface area contributed by atoms with Gasteiger partial charge in [0.15, 0.2) is 0 Å². The number of thiophene rings is 1. The third-order valence-corrected chi connectivity index (χ3v) is 2.64. The lowest BCUT2D eigenvalue weighted by Crippen LogP contribution is -1.84. The highest BCUT2D eigenvalue weighted by atomic mass is 32.1. The predicted molar refractivity (Wildman–Crippen MR) is 38.4 cm³/mol. The second-order valence-corrected chi connectivity index (χ2v) is 2.88. The second kappa shape index (κ2) is 1.94. The van der Waals surface area contributed by atoms with E-state index in [1.165, 1.54) is 10.9 Å². The smallest absolute Gasteiger partial charge is 0.00189 e. The summed E-state index contributed by atoms with van der Waals surface area (Å²) in [7, 11) is 2.68. The van der Waals surface area contributed by atoms with Crippen LogP contribution >= 0.6 is 20.6 Å². The van der Waals surface area contributed by atoms with E-state index in [4.69, 9.17) is 0 Å². The molecule has 1 heterocycles. The molecular weight excluding hydrogens is 123 g/mol. The number of aryl methyl sites for hydroxylation is 1. The topological polar surface area (TPSA) is 0 Å². The molecular formula is C5H7PS. The van der Waals surface area contributed by atoms with E-state index >= 15 is 0 Å². The van der Waals surface area contributed by atoms with Gasteiger partial charge in [0.2, 0.25) is 0 Å². The fourth-order valence-electron chi connectivity index (χ4n) is 0.370. The maximum Gasteiger partial charge on any atom is -0.00189 e. The average Bonchev–Trinajstić information content (AvgIpc) is 1.91. The fraction of sp³-hybridized carbons (Fsp3) is 0.200. The van der Waals surface area contributed by atoms with E-state index in [0.717, 1.165) is 0 Å². The maximum atomic E-state index is 2.68. The second-order valence-electron chi connectivity index (χ2n) is 1.51. The maximum absolute atomic E-state index is 2.68. The molecule has 0 amide bonds. The van der Waals surface area contributed by atoms with Crippen molar-refractivity contribution in [1.29, 1.82) is 0 Å². The molecule has 0 radical (unpaired) electrons. The van der Waals surface area contributed by atoms with Crippen molar-refractivity contribution in [3.63, 3.8) is 0 Å². The zero-order valence-electron chi connectivity index (χ0n) is 4.14. The number of hydrogen-bond acceptors (Lipinski definition) is 1. The van der Waals surface area contributed by atoms with Crippen molar-refractivity contribution in [3.8, 4) is 0 Å². The van der Waals surface area contributed by atoms with E-state index < -0.39 is 0 Å². The molecule has 0 spiro atoms. The molecule has 0 aliphatic heterocycles. The molecule has 1 unspecified atom stereocenters. The van der Waals surface area contributed by atoms with Gasteiger partial charge in [0, 0.05) is 0 Å².